The fourth-order valence-corrected chi connectivity index (χ4v) is 3.55. The van der Waals surface area contributed by atoms with Crippen molar-refractivity contribution in [2.45, 2.75) is 20.0 Å². The summed E-state index contributed by atoms with van der Waals surface area (Å²) in [5, 5.41) is 8.47. The van der Waals surface area contributed by atoms with Gasteiger partial charge >= 0.3 is 0 Å². The molecule has 0 radical (unpaired) electrons. The number of rotatable bonds is 5. The highest BCUT2D eigenvalue weighted by Crippen LogP contribution is 2.17. The zero-order chi connectivity index (χ0) is 17.8. The summed E-state index contributed by atoms with van der Waals surface area (Å²) in [6.45, 7) is 8.66. The first-order chi connectivity index (χ1) is 12.8. The summed E-state index contributed by atoms with van der Waals surface area (Å²) in [4.78, 5) is 3.19. The van der Waals surface area contributed by atoms with Crippen molar-refractivity contribution in [3.05, 3.63) is 71.6 Å². The first-order valence-corrected chi connectivity index (χ1v) is 9.37. The number of aromatic nitrogens is 2. The quantitative estimate of drug-likeness (QED) is 0.706. The molecule has 2 heterocycles. The second-order valence-corrected chi connectivity index (χ2v) is 7.21. The standard InChI is InChI=1S/C21H24N4O/c1-17-7-9-19(10-8-17)21-23-22-20(26-21)16-25-13-11-24(12-14-25)15-18-5-3-2-4-6-18/h2-10H,11-16H2,1H3/p+2. The molecule has 5 heteroatoms. The van der Waals surface area contributed by atoms with E-state index in [2.05, 4.69) is 59.6 Å². The van der Waals surface area contributed by atoms with E-state index in [1.165, 1.54) is 29.1 Å². The first-order valence-electron chi connectivity index (χ1n) is 9.37. The van der Waals surface area contributed by atoms with Gasteiger partial charge in [-0.05, 0) is 19.1 Å². The molecule has 26 heavy (non-hydrogen) atoms. The van der Waals surface area contributed by atoms with Crippen LogP contribution in [0.5, 0.6) is 0 Å². The summed E-state index contributed by atoms with van der Waals surface area (Å²) in [7, 11) is 0. The maximum atomic E-state index is 5.88. The van der Waals surface area contributed by atoms with Gasteiger partial charge in [0.25, 0.3) is 5.89 Å². The van der Waals surface area contributed by atoms with Gasteiger partial charge in [0.15, 0.2) is 6.54 Å². The molecule has 134 valence electrons. The molecule has 2 N–H and O–H groups in total. The Morgan fingerprint density at radius 3 is 2.15 bits per heavy atom. The molecule has 1 aliphatic rings. The normalized spacial score (nSPS) is 20.2. The fraction of sp³-hybridized carbons (Fsp3) is 0.333. The van der Waals surface area contributed by atoms with E-state index in [1.54, 1.807) is 4.90 Å². The van der Waals surface area contributed by atoms with Gasteiger partial charge in [0.05, 0.1) is 0 Å². The smallest absolute Gasteiger partial charge is 0.271 e. The number of aryl methyl sites for hydroxylation is 1. The molecule has 0 saturated carbocycles. The molecule has 0 unspecified atom stereocenters. The van der Waals surface area contributed by atoms with Crippen LogP contribution < -0.4 is 9.80 Å². The minimum atomic E-state index is 0.618. The Balaban J connectivity index is 1.30. The van der Waals surface area contributed by atoms with E-state index in [-0.39, 0.29) is 0 Å². The number of nitrogens with one attached hydrogen (secondary N) is 2. The predicted molar refractivity (Wildman–Crippen MR) is 99.7 cm³/mol. The molecule has 1 aliphatic heterocycles. The Labute approximate surface area is 154 Å². The van der Waals surface area contributed by atoms with Crippen molar-refractivity contribution in [2.75, 3.05) is 26.2 Å². The molecule has 4 rings (SSSR count). The van der Waals surface area contributed by atoms with E-state index in [9.17, 15) is 0 Å². The van der Waals surface area contributed by atoms with Crippen molar-refractivity contribution >= 4 is 0 Å². The number of piperazine rings is 1. The molecule has 0 spiro atoms. The third-order valence-electron chi connectivity index (χ3n) is 5.13. The Kier molecular flexibility index (Phi) is 5.09. The number of hydrogen-bond acceptors (Lipinski definition) is 3. The van der Waals surface area contributed by atoms with Gasteiger partial charge in [-0.2, -0.15) is 0 Å². The van der Waals surface area contributed by atoms with Gasteiger partial charge < -0.3 is 14.2 Å². The van der Waals surface area contributed by atoms with E-state index >= 15 is 0 Å². The monoisotopic (exact) mass is 350 g/mol. The number of benzene rings is 2. The van der Waals surface area contributed by atoms with Gasteiger partial charge in [-0.3, -0.25) is 0 Å². The van der Waals surface area contributed by atoms with Gasteiger partial charge in [-0.1, -0.05) is 48.0 Å². The minimum absolute atomic E-state index is 0.618. The molecule has 1 saturated heterocycles. The molecule has 0 aliphatic carbocycles. The van der Waals surface area contributed by atoms with Crippen LogP contribution in [0.2, 0.25) is 0 Å². The minimum Gasteiger partial charge on any atom is -0.415 e. The van der Waals surface area contributed by atoms with Crippen LogP contribution in [0.4, 0.5) is 0 Å². The van der Waals surface area contributed by atoms with Crippen molar-refractivity contribution in [2.24, 2.45) is 0 Å². The highest BCUT2D eigenvalue weighted by Gasteiger charge is 2.25. The third-order valence-corrected chi connectivity index (χ3v) is 5.13. The molecule has 1 fully saturated rings. The lowest BCUT2D eigenvalue weighted by Crippen LogP contribution is -3.27. The van der Waals surface area contributed by atoms with Crippen LogP contribution in [0.3, 0.4) is 0 Å². The summed E-state index contributed by atoms with van der Waals surface area (Å²) >= 11 is 0. The highest BCUT2D eigenvalue weighted by atomic mass is 16.4. The number of quaternary nitrogens is 2. The van der Waals surface area contributed by atoms with Crippen LogP contribution in [-0.4, -0.2) is 36.4 Å². The summed E-state index contributed by atoms with van der Waals surface area (Å²) < 4.78 is 5.88. The topological polar surface area (TPSA) is 47.8 Å². The molecular weight excluding hydrogens is 324 g/mol. The SMILES string of the molecule is Cc1ccc(-c2nnc(C[NH+]3CC[NH+](Cc4ccccc4)CC3)o2)cc1. The molecule has 2 aromatic carbocycles. The van der Waals surface area contributed by atoms with E-state index < -0.39 is 0 Å². The van der Waals surface area contributed by atoms with Crippen LogP contribution in [0, 0.1) is 6.92 Å². The average Bonchev–Trinajstić information content (AvgIpc) is 3.13. The Morgan fingerprint density at radius 1 is 0.808 bits per heavy atom. The molecule has 3 aromatic rings. The maximum Gasteiger partial charge on any atom is 0.271 e. The maximum absolute atomic E-state index is 5.88. The summed E-state index contributed by atoms with van der Waals surface area (Å²) in [6.07, 6.45) is 0. The molecule has 0 bridgehead atoms. The van der Waals surface area contributed by atoms with Gasteiger partial charge in [0.2, 0.25) is 5.89 Å². The summed E-state index contributed by atoms with van der Waals surface area (Å²) in [5.41, 5.74) is 3.64. The van der Waals surface area contributed by atoms with Crippen LogP contribution in [0.25, 0.3) is 11.5 Å². The molecular formula is C21H26N4O+2. The van der Waals surface area contributed by atoms with Crippen molar-refractivity contribution in [1.29, 1.82) is 0 Å². The number of hydrogen-bond donors (Lipinski definition) is 2. The van der Waals surface area contributed by atoms with Crippen LogP contribution in [-0.2, 0) is 13.1 Å². The second kappa shape index (κ2) is 7.81. The van der Waals surface area contributed by atoms with Gasteiger partial charge in [0, 0.05) is 11.1 Å². The molecule has 0 atom stereocenters. The number of nitrogens with zero attached hydrogens (tertiary/aromatic N) is 2. The second-order valence-electron chi connectivity index (χ2n) is 7.21. The highest BCUT2D eigenvalue weighted by molar-refractivity contribution is 5.52. The van der Waals surface area contributed by atoms with Crippen LogP contribution in [0.15, 0.2) is 59.0 Å². The van der Waals surface area contributed by atoms with Gasteiger partial charge in [-0.15, -0.1) is 10.2 Å². The van der Waals surface area contributed by atoms with E-state index in [1.807, 2.05) is 12.1 Å². The van der Waals surface area contributed by atoms with E-state index in [0.717, 1.165) is 37.6 Å². The van der Waals surface area contributed by atoms with Gasteiger partial charge in [-0.25, -0.2) is 0 Å². The summed E-state index contributed by atoms with van der Waals surface area (Å²) in [6, 6.07) is 19.0. The fourth-order valence-electron chi connectivity index (χ4n) is 3.55. The Hall–Kier alpha value is -2.50. The van der Waals surface area contributed by atoms with E-state index in [4.69, 9.17) is 4.42 Å². The zero-order valence-corrected chi connectivity index (χ0v) is 15.2. The van der Waals surface area contributed by atoms with Crippen molar-refractivity contribution in [3.63, 3.8) is 0 Å². The molecule has 1 aromatic heterocycles. The van der Waals surface area contributed by atoms with Crippen LogP contribution >= 0.6 is 0 Å². The van der Waals surface area contributed by atoms with Gasteiger partial charge in [0.1, 0.15) is 32.7 Å². The lowest BCUT2D eigenvalue weighted by atomic mass is 10.1. The first kappa shape index (κ1) is 16.9. The Morgan fingerprint density at radius 2 is 1.46 bits per heavy atom. The third kappa shape index (κ3) is 4.18. The average molecular weight is 350 g/mol. The van der Waals surface area contributed by atoms with E-state index in [0.29, 0.717) is 5.89 Å². The van der Waals surface area contributed by atoms with Crippen molar-refractivity contribution in [3.8, 4) is 11.5 Å². The largest absolute Gasteiger partial charge is 0.415 e. The predicted octanol–water partition coefficient (Wildman–Crippen LogP) is 0.529. The molecule has 5 nitrogen and oxygen atoms in total. The van der Waals surface area contributed by atoms with Crippen LogP contribution in [0.1, 0.15) is 17.0 Å². The van der Waals surface area contributed by atoms with Crippen molar-refractivity contribution < 1.29 is 14.2 Å². The summed E-state index contributed by atoms with van der Waals surface area (Å²) in [5.74, 6) is 1.36. The zero-order valence-electron chi connectivity index (χ0n) is 15.2. The van der Waals surface area contributed by atoms with Crippen molar-refractivity contribution in [1.82, 2.24) is 10.2 Å². The Bertz CT molecular complexity index is 821. The molecule has 0 amide bonds. The lowest BCUT2D eigenvalue weighted by Gasteiger charge is -2.28. The lowest BCUT2D eigenvalue weighted by molar-refractivity contribution is -1.02.